The van der Waals surface area contributed by atoms with Gasteiger partial charge in [0.05, 0.1) is 19.3 Å². The van der Waals surface area contributed by atoms with Gasteiger partial charge in [0.15, 0.2) is 6.29 Å². The standard InChI is InChI=1S/C17H31NO4/c1-4-7-9-18(10-8-5-2)14-15(19)16(20-11-6-3)13-12-21-17(14)22-13/h6,13-17,19H,3-5,7-12H2,1-2H3/t13-,14-,15-,16-,17-/m1/s1. The second kappa shape index (κ2) is 8.99. The normalized spacial score (nSPS) is 34.3. The van der Waals surface area contributed by atoms with Crippen LogP contribution in [-0.4, -0.2) is 67.0 Å². The number of fused-ring (bicyclic) bond motifs is 2. The maximum atomic E-state index is 10.8. The van der Waals surface area contributed by atoms with Crippen LogP contribution in [-0.2, 0) is 14.2 Å². The van der Waals surface area contributed by atoms with Crippen LogP contribution in [0.2, 0.25) is 0 Å². The summed E-state index contributed by atoms with van der Waals surface area (Å²) in [7, 11) is 0. The molecule has 2 aliphatic heterocycles. The lowest BCUT2D eigenvalue weighted by molar-refractivity contribution is -0.219. The van der Waals surface area contributed by atoms with E-state index in [1.807, 2.05) is 0 Å². The third-order valence-electron chi connectivity index (χ3n) is 4.49. The fraction of sp³-hybridized carbons (Fsp3) is 0.882. The smallest absolute Gasteiger partial charge is 0.176 e. The molecule has 1 N–H and O–H groups in total. The van der Waals surface area contributed by atoms with E-state index < -0.39 is 6.10 Å². The minimum atomic E-state index is -0.583. The Bertz CT molecular complexity index is 331. The molecule has 5 heteroatoms. The van der Waals surface area contributed by atoms with E-state index in [2.05, 4.69) is 25.3 Å². The predicted molar refractivity (Wildman–Crippen MR) is 85.7 cm³/mol. The van der Waals surface area contributed by atoms with Crippen LogP contribution in [0.3, 0.4) is 0 Å². The molecule has 0 aliphatic carbocycles. The molecule has 5 nitrogen and oxygen atoms in total. The lowest BCUT2D eigenvalue weighted by atomic mass is 9.96. The summed E-state index contributed by atoms with van der Waals surface area (Å²) in [5, 5.41) is 10.8. The summed E-state index contributed by atoms with van der Waals surface area (Å²) in [6.07, 6.45) is 4.77. The Balaban J connectivity index is 2.08. The van der Waals surface area contributed by atoms with Crippen LogP contribution in [0.15, 0.2) is 12.7 Å². The molecule has 0 aromatic carbocycles. The zero-order chi connectivity index (χ0) is 15.9. The number of hydrogen-bond acceptors (Lipinski definition) is 5. The molecule has 0 spiro atoms. The van der Waals surface area contributed by atoms with E-state index in [0.29, 0.717) is 13.2 Å². The third kappa shape index (κ3) is 4.09. The van der Waals surface area contributed by atoms with Crippen LogP contribution in [0, 0.1) is 0 Å². The second-order valence-corrected chi connectivity index (χ2v) is 6.19. The molecule has 2 rings (SSSR count). The number of aliphatic hydroxyl groups excluding tert-OH is 1. The summed E-state index contributed by atoms with van der Waals surface area (Å²) >= 11 is 0. The largest absolute Gasteiger partial charge is 0.388 e. The van der Waals surface area contributed by atoms with E-state index >= 15 is 0 Å². The topological polar surface area (TPSA) is 51.2 Å². The number of nitrogens with zero attached hydrogens (tertiary/aromatic N) is 1. The first-order valence-corrected chi connectivity index (χ1v) is 8.64. The van der Waals surface area contributed by atoms with Crippen molar-refractivity contribution in [2.45, 2.75) is 70.2 Å². The molecule has 2 aliphatic rings. The van der Waals surface area contributed by atoms with Gasteiger partial charge in [-0.25, -0.2) is 0 Å². The summed E-state index contributed by atoms with van der Waals surface area (Å²) in [6, 6.07) is -0.147. The van der Waals surface area contributed by atoms with Crippen LogP contribution in [0.1, 0.15) is 39.5 Å². The highest BCUT2D eigenvalue weighted by Gasteiger charge is 2.52. The highest BCUT2D eigenvalue weighted by Crippen LogP contribution is 2.33. The van der Waals surface area contributed by atoms with E-state index in [0.717, 1.165) is 38.8 Å². The Labute approximate surface area is 134 Å². The van der Waals surface area contributed by atoms with Gasteiger partial charge in [0.25, 0.3) is 0 Å². The Kier molecular flexibility index (Phi) is 7.31. The van der Waals surface area contributed by atoms with Gasteiger partial charge in [0.2, 0.25) is 0 Å². The highest BCUT2D eigenvalue weighted by molar-refractivity contribution is 4.99. The molecular formula is C17H31NO4. The van der Waals surface area contributed by atoms with Crippen molar-refractivity contribution in [1.82, 2.24) is 4.90 Å². The predicted octanol–water partition coefficient (Wildman–Crippen LogP) is 1.94. The second-order valence-electron chi connectivity index (χ2n) is 6.19. The molecule has 0 aromatic rings. The van der Waals surface area contributed by atoms with Gasteiger partial charge in [-0.1, -0.05) is 32.8 Å². The molecule has 0 amide bonds. The molecular weight excluding hydrogens is 282 g/mol. The van der Waals surface area contributed by atoms with Crippen molar-refractivity contribution < 1.29 is 19.3 Å². The summed E-state index contributed by atoms with van der Waals surface area (Å²) in [5.41, 5.74) is 0. The molecule has 22 heavy (non-hydrogen) atoms. The van der Waals surface area contributed by atoms with E-state index in [-0.39, 0.29) is 24.5 Å². The van der Waals surface area contributed by atoms with Crippen LogP contribution >= 0.6 is 0 Å². The molecule has 2 heterocycles. The summed E-state index contributed by atoms with van der Waals surface area (Å²) < 4.78 is 17.5. The SMILES string of the molecule is C=CCO[C@H]1[C@H](O)[C@@H](N(CCCC)CCCC)[C@@H]2OC[C@H]1O2. The van der Waals surface area contributed by atoms with Gasteiger partial charge in [-0.05, 0) is 25.9 Å². The summed E-state index contributed by atoms with van der Waals surface area (Å²) in [5.74, 6) is 0. The first-order chi connectivity index (χ1) is 10.7. The lowest BCUT2D eigenvalue weighted by Gasteiger charge is -2.43. The van der Waals surface area contributed by atoms with Gasteiger partial charge >= 0.3 is 0 Å². The average molecular weight is 313 g/mol. The summed E-state index contributed by atoms with van der Waals surface area (Å²) in [6.45, 7) is 10.9. The Morgan fingerprint density at radius 1 is 1.27 bits per heavy atom. The maximum absolute atomic E-state index is 10.8. The zero-order valence-electron chi connectivity index (χ0n) is 13.9. The quantitative estimate of drug-likeness (QED) is 0.625. The fourth-order valence-corrected chi connectivity index (χ4v) is 3.27. The van der Waals surface area contributed by atoms with Crippen molar-refractivity contribution in [1.29, 1.82) is 0 Å². The van der Waals surface area contributed by atoms with Gasteiger partial charge < -0.3 is 19.3 Å². The van der Waals surface area contributed by atoms with E-state index in [9.17, 15) is 5.11 Å². The van der Waals surface area contributed by atoms with Gasteiger partial charge in [0, 0.05) is 0 Å². The molecule has 0 saturated carbocycles. The molecule has 2 saturated heterocycles. The van der Waals surface area contributed by atoms with Crippen LogP contribution in [0.4, 0.5) is 0 Å². The molecule has 2 fully saturated rings. The van der Waals surface area contributed by atoms with Crippen LogP contribution < -0.4 is 0 Å². The molecule has 0 radical (unpaired) electrons. The molecule has 0 unspecified atom stereocenters. The van der Waals surface area contributed by atoms with Crippen molar-refractivity contribution in [3.63, 3.8) is 0 Å². The number of aliphatic hydroxyl groups is 1. The summed E-state index contributed by atoms with van der Waals surface area (Å²) in [4.78, 5) is 2.33. The molecule has 0 aromatic heterocycles. The van der Waals surface area contributed by atoms with E-state index in [1.54, 1.807) is 6.08 Å². The minimum Gasteiger partial charge on any atom is -0.388 e. The van der Waals surface area contributed by atoms with E-state index in [4.69, 9.17) is 14.2 Å². The van der Waals surface area contributed by atoms with Gasteiger partial charge in [0.1, 0.15) is 18.3 Å². The average Bonchev–Trinajstić information content (AvgIpc) is 2.94. The fourth-order valence-electron chi connectivity index (χ4n) is 3.27. The van der Waals surface area contributed by atoms with Gasteiger partial charge in [-0.2, -0.15) is 0 Å². The Hall–Kier alpha value is -0.460. The van der Waals surface area contributed by atoms with E-state index in [1.165, 1.54) is 0 Å². The van der Waals surface area contributed by atoms with Crippen molar-refractivity contribution >= 4 is 0 Å². The number of rotatable bonds is 10. The molecule has 5 atom stereocenters. The molecule has 128 valence electrons. The zero-order valence-corrected chi connectivity index (χ0v) is 13.9. The monoisotopic (exact) mass is 313 g/mol. The van der Waals surface area contributed by atoms with Crippen molar-refractivity contribution in [2.24, 2.45) is 0 Å². The van der Waals surface area contributed by atoms with Crippen LogP contribution in [0.5, 0.6) is 0 Å². The van der Waals surface area contributed by atoms with Gasteiger partial charge in [-0.3, -0.25) is 4.90 Å². The highest BCUT2D eigenvalue weighted by atomic mass is 16.7. The Morgan fingerprint density at radius 2 is 1.95 bits per heavy atom. The van der Waals surface area contributed by atoms with Crippen molar-refractivity contribution in [3.05, 3.63) is 12.7 Å². The number of ether oxygens (including phenoxy) is 3. The third-order valence-corrected chi connectivity index (χ3v) is 4.49. The van der Waals surface area contributed by atoms with Crippen molar-refractivity contribution in [2.75, 3.05) is 26.3 Å². The Morgan fingerprint density at radius 3 is 2.55 bits per heavy atom. The van der Waals surface area contributed by atoms with Crippen molar-refractivity contribution in [3.8, 4) is 0 Å². The van der Waals surface area contributed by atoms with Gasteiger partial charge in [-0.15, -0.1) is 6.58 Å². The first kappa shape index (κ1) is 17.9. The maximum Gasteiger partial charge on any atom is 0.176 e. The lowest BCUT2D eigenvalue weighted by Crippen LogP contribution is -2.61. The number of unbranched alkanes of at least 4 members (excludes halogenated alkanes) is 2. The minimum absolute atomic E-state index is 0.147. The first-order valence-electron chi connectivity index (χ1n) is 8.64. The van der Waals surface area contributed by atoms with Crippen LogP contribution in [0.25, 0.3) is 0 Å². The molecule has 2 bridgehead atoms. The number of hydrogen-bond donors (Lipinski definition) is 1.